The van der Waals surface area contributed by atoms with Gasteiger partial charge in [0, 0.05) is 6.42 Å². The number of ketones is 1. The van der Waals surface area contributed by atoms with Gasteiger partial charge in [0.1, 0.15) is 23.9 Å². The molecule has 0 aliphatic carbocycles. The Balaban J connectivity index is 1.94. The molecule has 20 heavy (non-hydrogen) atoms. The number of hydrogen-bond acceptors (Lipinski definition) is 3. The Morgan fingerprint density at radius 2 is 1.75 bits per heavy atom. The molecule has 0 heterocycles. The Morgan fingerprint density at radius 3 is 2.40 bits per heavy atom. The standard InChI is InChI=1S/C17H18O3/c1-13(18)10-14-6-8-16(9-7-14)20-12-15-4-3-5-17(11-15)19-2/h3-9,11H,10,12H2,1-2H3. The lowest BCUT2D eigenvalue weighted by molar-refractivity contribution is -0.116. The first-order valence-electron chi connectivity index (χ1n) is 6.51. The van der Waals surface area contributed by atoms with Crippen molar-refractivity contribution in [2.75, 3.05) is 7.11 Å². The van der Waals surface area contributed by atoms with Gasteiger partial charge in [-0.3, -0.25) is 4.79 Å². The summed E-state index contributed by atoms with van der Waals surface area (Å²) in [5.41, 5.74) is 2.06. The summed E-state index contributed by atoms with van der Waals surface area (Å²) >= 11 is 0. The van der Waals surface area contributed by atoms with Gasteiger partial charge in [0.15, 0.2) is 0 Å². The fraction of sp³-hybridized carbons (Fsp3) is 0.235. The molecule has 104 valence electrons. The minimum atomic E-state index is 0.162. The first-order valence-corrected chi connectivity index (χ1v) is 6.51. The normalized spacial score (nSPS) is 10.1. The quantitative estimate of drug-likeness (QED) is 0.807. The molecule has 0 saturated carbocycles. The highest BCUT2D eigenvalue weighted by Gasteiger charge is 2.00. The van der Waals surface area contributed by atoms with Gasteiger partial charge >= 0.3 is 0 Å². The molecule has 0 fully saturated rings. The zero-order valence-corrected chi connectivity index (χ0v) is 11.8. The molecule has 3 heteroatoms. The molecule has 0 N–H and O–H groups in total. The van der Waals surface area contributed by atoms with Crippen LogP contribution in [-0.4, -0.2) is 12.9 Å². The molecule has 0 spiro atoms. The van der Waals surface area contributed by atoms with Crippen molar-refractivity contribution in [1.82, 2.24) is 0 Å². The fourth-order valence-corrected chi connectivity index (χ4v) is 1.92. The average Bonchev–Trinajstić information content (AvgIpc) is 2.46. The highest BCUT2D eigenvalue weighted by atomic mass is 16.5. The summed E-state index contributed by atoms with van der Waals surface area (Å²) in [6, 6.07) is 15.4. The zero-order chi connectivity index (χ0) is 14.4. The molecule has 0 saturated heterocycles. The summed E-state index contributed by atoms with van der Waals surface area (Å²) in [5.74, 6) is 1.78. The van der Waals surface area contributed by atoms with Crippen molar-refractivity contribution in [2.45, 2.75) is 20.0 Å². The molecule has 0 bridgehead atoms. The van der Waals surface area contributed by atoms with Crippen molar-refractivity contribution in [3.63, 3.8) is 0 Å². The minimum absolute atomic E-state index is 0.162. The van der Waals surface area contributed by atoms with Crippen LogP contribution in [0.5, 0.6) is 11.5 Å². The van der Waals surface area contributed by atoms with E-state index in [9.17, 15) is 4.79 Å². The Kier molecular flexibility index (Phi) is 4.77. The summed E-state index contributed by atoms with van der Waals surface area (Å²) in [6.07, 6.45) is 0.468. The summed E-state index contributed by atoms with van der Waals surface area (Å²) in [7, 11) is 1.65. The van der Waals surface area contributed by atoms with Crippen LogP contribution >= 0.6 is 0 Å². The van der Waals surface area contributed by atoms with Gasteiger partial charge in [0.05, 0.1) is 7.11 Å². The van der Waals surface area contributed by atoms with E-state index in [1.807, 2.05) is 48.5 Å². The van der Waals surface area contributed by atoms with Crippen molar-refractivity contribution in [1.29, 1.82) is 0 Å². The lowest BCUT2D eigenvalue weighted by Crippen LogP contribution is -1.98. The molecule has 0 aromatic heterocycles. The molecule has 0 unspecified atom stereocenters. The van der Waals surface area contributed by atoms with Crippen molar-refractivity contribution in [2.24, 2.45) is 0 Å². The van der Waals surface area contributed by atoms with E-state index in [1.165, 1.54) is 0 Å². The summed E-state index contributed by atoms with van der Waals surface area (Å²) in [6.45, 7) is 2.08. The van der Waals surface area contributed by atoms with E-state index < -0.39 is 0 Å². The maximum atomic E-state index is 11.0. The lowest BCUT2D eigenvalue weighted by Gasteiger charge is -2.08. The van der Waals surface area contributed by atoms with Crippen molar-refractivity contribution < 1.29 is 14.3 Å². The molecule has 3 nitrogen and oxygen atoms in total. The van der Waals surface area contributed by atoms with Gasteiger partial charge in [-0.1, -0.05) is 24.3 Å². The monoisotopic (exact) mass is 270 g/mol. The molecule has 0 radical (unpaired) electrons. The molecular formula is C17H18O3. The topological polar surface area (TPSA) is 35.5 Å². The number of carbonyl (C=O) groups is 1. The smallest absolute Gasteiger partial charge is 0.134 e. The van der Waals surface area contributed by atoms with E-state index in [0.717, 1.165) is 22.6 Å². The highest BCUT2D eigenvalue weighted by Crippen LogP contribution is 2.17. The molecule has 0 atom stereocenters. The van der Waals surface area contributed by atoms with E-state index in [4.69, 9.17) is 9.47 Å². The summed E-state index contributed by atoms with van der Waals surface area (Å²) in [4.78, 5) is 11.0. The number of ether oxygens (including phenoxy) is 2. The number of Topliss-reactive ketones (excluding diaryl/α,β-unsaturated/α-hetero) is 1. The van der Waals surface area contributed by atoms with Gasteiger partial charge in [-0.25, -0.2) is 0 Å². The maximum absolute atomic E-state index is 11.0. The fourth-order valence-electron chi connectivity index (χ4n) is 1.92. The molecule has 0 aliphatic rings. The van der Waals surface area contributed by atoms with Crippen LogP contribution in [-0.2, 0) is 17.8 Å². The Labute approximate surface area is 119 Å². The zero-order valence-electron chi connectivity index (χ0n) is 11.8. The number of rotatable bonds is 6. The highest BCUT2D eigenvalue weighted by molar-refractivity contribution is 5.78. The van der Waals surface area contributed by atoms with Crippen molar-refractivity contribution in [3.8, 4) is 11.5 Å². The first kappa shape index (κ1) is 14.1. The van der Waals surface area contributed by atoms with E-state index >= 15 is 0 Å². The predicted octanol–water partition coefficient (Wildman–Crippen LogP) is 3.41. The summed E-state index contributed by atoms with van der Waals surface area (Å²) < 4.78 is 10.9. The van der Waals surface area contributed by atoms with Crippen LogP contribution in [0.1, 0.15) is 18.1 Å². The van der Waals surface area contributed by atoms with Crippen LogP contribution in [0.3, 0.4) is 0 Å². The van der Waals surface area contributed by atoms with E-state index in [1.54, 1.807) is 14.0 Å². The Morgan fingerprint density at radius 1 is 1.00 bits per heavy atom. The number of methoxy groups -OCH3 is 1. The van der Waals surface area contributed by atoms with Gasteiger partial charge in [-0.2, -0.15) is 0 Å². The third-order valence-corrected chi connectivity index (χ3v) is 2.92. The van der Waals surface area contributed by atoms with Gasteiger partial charge in [0.2, 0.25) is 0 Å². The lowest BCUT2D eigenvalue weighted by atomic mass is 10.1. The summed E-state index contributed by atoms with van der Waals surface area (Å²) in [5, 5.41) is 0. The number of benzene rings is 2. The van der Waals surface area contributed by atoms with Crippen LogP contribution in [0.4, 0.5) is 0 Å². The predicted molar refractivity (Wildman–Crippen MR) is 78.2 cm³/mol. The van der Waals surface area contributed by atoms with E-state index in [0.29, 0.717) is 13.0 Å². The Bertz CT molecular complexity index is 573. The van der Waals surface area contributed by atoms with Crippen LogP contribution in [0.2, 0.25) is 0 Å². The van der Waals surface area contributed by atoms with Gasteiger partial charge in [-0.15, -0.1) is 0 Å². The number of carbonyl (C=O) groups excluding carboxylic acids is 1. The second kappa shape index (κ2) is 6.75. The van der Waals surface area contributed by atoms with Crippen molar-refractivity contribution in [3.05, 3.63) is 59.7 Å². The molecule has 0 aliphatic heterocycles. The molecule has 2 aromatic carbocycles. The van der Waals surface area contributed by atoms with Gasteiger partial charge < -0.3 is 9.47 Å². The van der Waals surface area contributed by atoms with E-state index in [2.05, 4.69) is 0 Å². The molecule has 0 amide bonds. The molecule has 2 rings (SSSR count). The van der Waals surface area contributed by atoms with Crippen LogP contribution in [0, 0.1) is 0 Å². The first-order chi connectivity index (χ1) is 9.67. The minimum Gasteiger partial charge on any atom is -0.497 e. The second-order valence-electron chi connectivity index (χ2n) is 4.66. The van der Waals surface area contributed by atoms with Crippen LogP contribution in [0.15, 0.2) is 48.5 Å². The number of hydrogen-bond donors (Lipinski definition) is 0. The van der Waals surface area contributed by atoms with Crippen LogP contribution in [0.25, 0.3) is 0 Å². The van der Waals surface area contributed by atoms with Gasteiger partial charge in [-0.05, 0) is 42.3 Å². The maximum Gasteiger partial charge on any atom is 0.134 e. The SMILES string of the molecule is COc1cccc(COc2ccc(CC(C)=O)cc2)c1. The van der Waals surface area contributed by atoms with Gasteiger partial charge in [0.25, 0.3) is 0 Å². The van der Waals surface area contributed by atoms with E-state index in [-0.39, 0.29) is 5.78 Å². The molecule has 2 aromatic rings. The third kappa shape index (κ3) is 4.12. The van der Waals surface area contributed by atoms with Crippen molar-refractivity contribution >= 4 is 5.78 Å². The molecular weight excluding hydrogens is 252 g/mol. The average molecular weight is 270 g/mol. The second-order valence-corrected chi connectivity index (χ2v) is 4.66. The largest absolute Gasteiger partial charge is 0.497 e. The third-order valence-electron chi connectivity index (χ3n) is 2.92. The van der Waals surface area contributed by atoms with Crippen LogP contribution < -0.4 is 9.47 Å². The Hall–Kier alpha value is -2.29.